The highest BCUT2D eigenvalue weighted by molar-refractivity contribution is 7.91. The van der Waals surface area contributed by atoms with Crippen LogP contribution in [0.1, 0.15) is 26.2 Å². The first kappa shape index (κ1) is 12.8. The summed E-state index contributed by atoms with van der Waals surface area (Å²) in [5.41, 5.74) is 0. The van der Waals surface area contributed by atoms with Gasteiger partial charge in [0.25, 0.3) is 0 Å². The third kappa shape index (κ3) is 2.80. The number of likely N-dealkylation sites (N-methyl/N-ethyl adjacent to an activating group) is 1. The molecule has 2 heterocycles. The highest BCUT2D eigenvalue weighted by Gasteiger charge is 2.38. The number of rotatable bonds is 3. The van der Waals surface area contributed by atoms with Crippen molar-refractivity contribution in [3.63, 3.8) is 0 Å². The molecule has 0 saturated carbocycles. The number of carbonyl (C=O) groups is 1. The standard InChI is InChI=1S/C11H20N2O3S/c1-2-12-10-5-6-13(11(10)14)9-4-3-7-17(15,16)8-9/h9-10,12H,2-8H2,1H3. The summed E-state index contributed by atoms with van der Waals surface area (Å²) in [7, 11) is -2.94. The van der Waals surface area contributed by atoms with Crippen LogP contribution < -0.4 is 5.32 Å². The van der Waals surface area contributed by atoms with Crippen molar-refractivity contribution in [1.82, 2.24) is 10.2 Å². The first-order valence-corrected chi connectivity index (χ1v) is 8.10. The largest absolute Gasteiger partial charge is 0.337 e. The van der Waals surface area contributed by atoms with E-state index in [2.05, 4.69) is 5.32 Å². The van der Waals surface area contributed by atoms with Gasteiger partial charge < -0.3 is 10.2 Å². The van der Waals surface area contributed by atoms with Gasteiger partial charge in [-0.15, -0.1) is 0 Å². The lowest BCUT2D eigenvalue weighted by Crippen LogP contribution is -2.47. The average molecular weight is 260 g/mol. The molecule has 2 saturated heterocycles. The summed E-state index contributed by atoms with van der Waals surface area (Å²) in [6, 6.07) is -0.200. The highest BCUT2D eigenvalue weighted by Crippen LogP contribution is 2.22. The zero-order valence-corrected chi connectivity index (χ0v) is 11.0. The van der Waals surface area contributed by atoms with Crippen LogP contribution in [0.15, 0.2) is 0 Å². The Kier molecular flexibility index (Phi) is 3.73. The van der Waals surface area contributed by atoms with Crippen LogP contribution in [0.3, 0.4) is 0 Å². The Balaban J connectivity index is 2.02. The fourth-order valence-electron chi connectivity index (χ4n) is 2.74. The van der Waals surface area contributed by atoms with Crippen molar-refractivity contribution in [2.45, 2.75) is 38.3 Å². The Bertz CT molecular complexity index is 394. The van der Waals surface area contributed by atoms with Crippen LogP contribution in [-0.2, 0) is 14.6 Å². The SMILES string of the molecule is CCNC1CCN(C2CCCS(=O)(=O)C2)C1=O. The van der Waals surface area contributed by atoms with Crippen molar-refractivity contribution in [3.8, 4) is 0 Å². The second-order valence-electron chi connectivity index (χ2n) is 4.84. The molecule has 2 aliphatic heterocycles. The predicted octanol–water partition coefficient (Wildman–Crippen LogP) is -0.226. The average Bonchev–Trinajstić information content (AvgIpc) is 2.60. The van der Waals surface area contributed by atoms with Crippen molar-refractivity contribution >= 4 is 15.7 Å². The van der Waals surface area contributed by atoms with Gasteiger partial charge in [0.15, 0.2) is 9.84 Å². The topological polar surface area (TPSA) is 66.5 Å². The third-order valence-corrected chi connectivity index (χ3v) is 5.37. The molecule has 1 N–H and O–H groups in total. The lowest BCUT2D eigenvalue weighted by Gasteiger charge is -2.31. The number of hydrogen-bond acceptors (Lipinski definition) is 4. The first-order chi connectivity index (χ1) is 8.03. The number of carbonyl (C=O) groups excluding carboxylic acids is 1. The minimum Gasteiger partial charge on any atom is -0.337 e. The number of nitrogens with zero attached hydrogens (tertiary/aromatic N) is 1. The molecular formula is C11H20N2O3S. The molecule has 0 aromatic heterocycles. The van der Waals surface area contributed by atoms with Crippen LogP contribution in [0, 0.1) is 0 Å². The van der Waals surface area contributed by atoms with Gasteiger partial charge >= 0.3 is 0 Å². The van der Waals surface area contributed by atoms with Crippen LogP contribution in [0.25, 0.3) is 0 Å². The van der Waals surface area contributed by atoms with E-state index in [-0.39, 0.29) is 29.5 Å². The zero-order chi connectivity index (χ0) is 12.5. The van der Waals surface area contributed by atoms with Gasteiger partial charge in [-0.25, -0.2) is 8.42 Å². The molecule has 0 bridgehead atoms. The lowest BCUT2D eigenvalue weighted by molar-refractivity contribution is -0.131. The van der Waals surface area contributed by atoms with Crippen LogP contribution in [0.4, 0.5) is 0 Å². The summed E-state index contributed by atoms with van der Waals surface area (Å²) in [5.74, 6) is 0.508. The van der Waals surface area contributed by atoms with E-state index in [0.29, 0.717) is 13.0 Å². The van der Waals surface area contributed by atoms with Gasteiger partial charge in [-0.3, -0.25) is 4.79 Å². The predicted molar refractivity (Wildman–Crippen MR) is 65.5 cm³/mol. The Morgan fingerprint density at radius 1 is 1.41 bits per heavy atom. The molecule has 0 radical (unpaired) electrons. The summed E-state index contributed by atoms with van der Waals surface area (Å²) in [6.07, 6.45) is 2.30. The molecule has 5 nitrogen and oxygen atoms in total. The molecule has 0 aliphatic carbocycles. The quantitative estimate of drug-likeness (QED) is 0.761. The Hall–Kier alpha value is -0.620. The molecule has 0 aromatic rings. The smallest absolute Gasteiger partial charge is 0.240 e. The molecule has 2 fully saturated rings. The van der Waals surface area contributed by atoms with E-state index in [1.54, 1.807) is 4.90 Å². The van der Waals surface area contributed by atoms with Crippen molar-refractivity contribution in [3.05, 3.63) is 0 Å². The van der Waals surface area contributed by atoms with E-state index in [9.17, 15) is 13.2 Å². The van der Waals surface area contributed by atoms with Crippen LogP contribution in [-0.4, -0.2) is 55.9 Å². The van der Waals surface area contributed by atoms with Gasteiger partial charge in [0.05, 0.1) is 17.5 Å². The molecule has 17 heavy (non-hydrogen) atoms. The van der Waals surface area contributed by atoms with E-state index < -0.39 is 9.84 Å². The molecule has 1 amide bonds. The summed E-state index contributed by atoms with van der Waals surface area (Å²) in [5, 5.41) is 3.14. The van der Waals surface area contributed by atoms with Crippen LogP contribution >= 0.6 is 0 Å². The van der Waals surface area contributed by atoms with Crippen molar-refractivity contribution < 1.29 is 13.2 Å². The van der Waals surface area contributed by atoms with Gasteiger partial charge in [0.2, 0.25) is 5.91 Å². The minimum atomic E-state index is -2.94. The summed E-state index contributed by atoms with van der Waals surface area (Å²) < 4.78 is 23.2. The fraction of sp³-hybridized carbons (Fsp3) is 0.909. The molecule has 98 valence electrons. The Labute approximate surface area is 102 Å². The normalized spacial score (nSPS) is 33.0. The first-order valence-electron chi connectivity index (χ1n) is 6.28. The lowest BCUT2D eigenvalue weighted by atomic mass is 10.1. The van der Waals surface area contributed by atoms with Gasteiger partial charge in [-0.05, 0) is 25.8 Å². The third-order valence-electron chi connectivity index (χ3n) is 3.57. The van der Waals surface area contributed by atoms with Crippen LogP contribution in [0.2, 0.25) is 0 Å². The number of nitrogens with one attached hydrogen (secondary N) is 1. The van der Waals surface area contributed by atoms with Gasteiger partial charge in [-0.2, -0.15) is 0 Å². The van der Waals surface area contributed by atoms with E-state index in [1.165, 1.54) is 0 Å². The van der Waals surface area contributed by atoms with E-state index in [4.69, 9.17) is 0 Å². The maximum absolute atomic E-state index is 12.1. The minimum absolute atomic E-state index is 0.0777. The summed E-state index contributed by atoms with van der Waals surface area (Å²) in [4.78, 5) is 13.8. The molecule has 2 atom stereocenters. The Morgan fingerprint density at radius 3 is 2.82 bits per heavy atom. The molecule has 2 unspecified atom stereocenters. The van der Waals surface area contributed by atoms with E-state index in [1.807, 2.05) is 6.92 Å². The van der Waals surface area contributed by atoms with E-state index in [0.717, 1.165) is 19.4 Å². The molecule has 0 aromatic carbocycles. The van der Waals surface area contributed by atoms with Crippen LogP contribution in [0.5, 0.6) is 0 Å². The molecule has 2 aliphatic rings. The maximum Gasteiger partial charge on any atom is 0.240 e. The fourth-order valence-corrected chi connectivity index (χ4v) is 4.45. The summed E-state index contributed by atoms with van der Waals surface area (Å²) in [6.45, 7) is 3.44. The monoisotopic (exact) mass is 260 g/mol. The molecule has 6 heteroatoms. The Morgan fingerprint density at radius 2 is 2.18 bits per heavy atom. The van der Waals surface area contributed by atoms with Gasteiger partial charge in [0, 0.05) is 12.6 Å². The second-order valence-corrected chi connectivity index (χ2v) is 7.07. The van der Waals surface area contributed by atoms with Crippen molar-refractivity contribution in [2.75, 3.05) is 24.6 Å². The number of amides is 1. The zero-order valence-electron chi connectivity index (χ0n) is 10.2. The maximum atomic E-state index is 12.1. The second kappa shape index (κ2) is 4.94. The van der Waals surface area contributed by atoms with Gasteiger partial charge in [-0.1, -0.05) is 6.92 Å². The molecular weight excluding hydrogens is 240 g/mol. The molecule has 0 spiro atoms. The number of sulfone groups is 1. The van der Waals surface area contributed by atoms with E-state index >= 15 is 0 Å². The number of likely N-dealkylation sites (tertiary alicyclic amines) is 1. The highest BCUT2D eigenvalue weighted by atomic mass is 32.2. The van der Waals surface area contributed by atoms with Crippen molar-refractivity contribution in [1.29, 1.82) is 0 Å². The number of hydrogen-bond donors (Lipinski definition) is 1. The van der Waals surface area contributed by atoms with Crippen molar-refractivity contribution in [2.24, 2.45) is 0 Å². The molecule has 2 rings (SSSR count). The summed E-state index contributed by atoms with van der Waals surface area (Å²) >= 11 is 0. The van der Waals surface area contributed by atoms with Gasteiger partial charge in [0.1, 0.15) is 0 Å².